The van der Waals surface area contributed by atoms with Gasteiger partial charge in [0.1, 0.15) is 17.0 Å². The molecule has 0 spiro atoms. The summed E-state index contributed by atoms with van der Waals surface area (Å²) in [5.41, 5.74) is -4.62. The molecule has 2 unspecified atom stereocenters. The number of carbonyl (C=O) groups is 3. The Labute approximate surface area is 142 Å². The Balaban J connectivity index is 2.03. The van der Waals surface area contributed by atoms with Gasteiger partial charge in [-0.15, -0.1) is 0 Å². The molecule has 0 saturated carbocycles. The molecule has 3 N–H and O–H groups in total. The van der Waals surface area contributed by atoms with E-state index in [1.165, 1.54) is 43.4 Å². The summed E-state index contributed by atoms with van der Waals surface area (Å²) >= 11 is 0. The van der Waals surface area contributed by atoms with Crippen molar-refractivity contribution in [1.29, 1.82) is 0 Å². The van der Waals surface area contributed by atoms with Crippen LogP contribution in [0.3, 0.4) is 0 Å². The van der Waals surface area contributed by atoms with Gasteiger partial charge in [0, 0.05) is 23.1 Å². The van der Waals surface area contributed by atoms with Crippen LogP contribution in [0, 0.1) is 0 Å². The summed E-state index contributed by atoms with van der Waals surface area (Å²) in [6, 6.07) is 4.08. The van der Waals surface area contributed by atoms with Gasteiger partial charge in [-0.3, -0.25) is 14.4 Å². The monoisotopic (exact) mass is 338 g/mol. The van der Waals surface area contributed by atoms with Gasteiger partial charge in [0.05, 0.1) is 5.56 Å². The van der Waals surface area contributed by atoms with Crippen LogP contribution in [0.4, 0.5) is 0 Å². The average molecular weight is 338 g/mol. The quantitative estimate of drug-likeness (QED) is 0.651. The van der Waals surface area contributed by atoms with Crippen LogP contribution in [0.15, 0.2) is 53.1 Å². The number of carbonyl (C=O) groups excluding carboxylic acids is 3. The second kappa shape index (κ2) is 4.62. The Kier molecular flexibility index (Phi) is 2.90. The predicted octanol–water partition coefficient (Wildman–Crippen LogP) is 1.02. The van der Waals surface area contributed by atoms with Crippen molar-refractivity contribution in [2.75, 3.05) is 0 Å². The summed E-state index contributed by atoms with van der Waals surface area (Å²) in [5.74, 6) is -2.10. The van der Waals surface area contributed by atoms with Crippen molar-refractivity contribution in [2.45, 2.75) is 24.5 Å². The first-order valence-electron chi connectivity index (χ1n) is 7.72. The molecule has 0 amide bonds. The van der Waals surface area contributed by atoms with Crippen molar-refractivity contribution in [3.8, 4) is 5.75 Å². The highest BCUT2D eigenvalue weighted by molar-refractivity contribution is 6.30. The van der Waals surface area contributed by atoms with E-state index in [2.05, 4.69) is 0 Å². The Morgan fingerprint density at radius 2 is 1.80 bits per heavy atom. The van der Waals surface area contributed by atoms with E-state index >= 15 is 0 Å². The van der Waals surface area contributed by atoms with Gasteiger partial charge in [0.2, 0.25) is 0 Å². The molecule has 0 heterocycles. The first kappa shape index (κ1) is 15.7. The van der Waals surface area contributed by atoms with Crippen LogP contribution in [0.25, 0.3) is 0 Å². The van der Waals surface area contributed by atoms with Crippen LogP contribution in [0.5, 0.6) is 5.75 Å². The first-order chi connectivity index (χ1) is 11.7. The van der Waals surface area contributed by atoms with E-state index in [1.54, 1.807) is 0 Å². The summed E-state index contributed by atoms with van der Waals surface area (Å²) < 4.78 is 0. The number of benzene rings is 1. The zero-order chi connectivity index (χ0) is 18.1. The number of Topliss-reactive ketones (excluding diaryl/α,β-unsaturated/α-hetero) is 2. The molecule has 1 aromatic carbocycles. The molecule has 6 heteroatoms. The predicted molar refractivity (Wildman–Crippen MR) is 86.2 cm³/mol. The normalized spacial score (nSPS) is 30.7. The molecular weight excluding hydrogens is 324 g/mol. The lowest BCUT2D eigenvalue weighted by Crippen LogP contribution is -2.61. The van der Waals surface area contributed by atoms with E-state index < -0.39 is 35.0 Å². The van der Waals surface area contributed by atoms with Crippen LogP contribution >= 0.6 is 0 Å². The number of fused-ring (bicyclic) bond motifs is 3. The fourth-order valence-electron chi connectivity index (χ4n) is 3.91. The van der Waals surface area contributed by atoms with Crippen LogP contribution in [-0.4, -0.2) is 43.9 Å². The molecule has 3 aliphatic carbocycles. The molecule has 1 aromatic rings. The molecule has 0 radical (unpaired) electrons. The van der Waals surface area contributed by atoms with E-state index in [4.69, 9.17) is 0 Å². The average Bonchev–Trinajstić information content (AvgIpc) is 2.53. The minimum absolute atomic E-state index is 0.0607. The molecule has 25 heavy (non-hydrogen) atoms. The lowest BCUT2D eigenvalue weighted by Gasteiger charge is -2.48. The molecule has 3 aliphatic rings. The van der Waals surface area contributed by atoms with Crippen molar-refractivity contribution in [3.05, 3.63) is 64.3 Å². The Morgan fingerprint density at radius 3 is 2.52 bits per heavy atom. The van der Waals surface area contributed by atoms with Crippen LogP contribution in [-0.2, 0) is 4.79 Å². The zero-order valence-electron chi connectivity index (χ0n) is 13.2. The molecule has 2 atom stereocenters. The van der Waals surface area contributed by atoms with Crippen LogP contribution in [0.2, 0.25) is 0 Å². The standard InChI is InChI=1S/C19H14O6/c1-9-7-10(20)8-19(25)15-12(5-6-18(9,19)24)16(22)14-11(17(15)23)3-2-4-13(14)21/h2-7,21,24-25H,8H2,1H3. The minimum Gasteiger partial charge on any atom is -0.507 e. The number of rotatable bonds is 0. The summed E-state index contributed by atoms with van der Waals surface area (Å²) in [7, 11) is 0. The van der Waals surface area contributed by atoms with Crippen molar-refractivity contribution in [1.82, 2.24) is 0 Å². The third-order valence-electron chi connectivity index (χ3n) is 5.20. The molecule has 4 rings (SSSR count). The molecule has 0 saturated heterocycles. The number of aromatic hydroxyl groups is 1. The zero-order valence-corrected chi connectivity index (χ0v) is 13.2. The van der Waals surface area contributed by atoms with E-state index in [-0.39, 0.29) is 33.6 Å². The van der Waals surface area contributed by atoms with Crippen molar-refractivity contribution in [2.24, 2.45) is 0 Å². The fraction of sp³-hybridized carbons (Fsp3) is 0.211. The lowest BCUT2D eigenvalue weighted by atomic mass is 9.60. The van der Waals surface area contributed by atoms with Gasteiger partial charge in [0.25, 0.3) is 0 Å². The highest BCUT2D eigenvalue weighted by Crippen LogP contribution is 2.49. The fourth-order valence-corrected chi connectivity index (χ4v) is 3.91. The number of allylic oxidation sites excluding steroid dienone is 3. The Hall–Kier alpha value is -2.83. The van der Waals surface area contributed by atoms with Gasteiger partial charge in [-0.25, -0.2) is 0 Å². The number of hydrogen-bond donors (Lipinski definition) is 3. The third-order valence-corrected chi connectivity index (χ3v) is 5.20. The minimum atomic E-state index is -2.23. The molecular formula is C19H14O6. The van der Waals surface area contributed by atoms with E-state index in [9.17, 15) is 29.7 Å². The third kappa shape index (κ3) is 1.72. The smallest absolute Gasteiger partial charge is 0.198 e. The van der Waals surface area contributed by atoms with Crippen molar-refractivity contribution < 1.29 is 29.7 Å². The van der Waals surface area contributed by atoms with Gasteiger partial charge >= 0.3 is 0 Å². The SMILES string of the molecule is CC1=CC(=O)CC2(O)C3=C(C=CC12O)C(=O)c1c(O)cccc1C3=O. The van der Waals surface area contributed by atoms with E-state index in [1.807, 2.05) is 0 Å². The summed E-state index contributed by atoms with van der Waals surface area (Å²) in [6.45, 7) is 1.48. The molecule has 0 fully saturated rings. The topological polar surface area (TPSA) is 112 Å². The number of phenols is 1. The van der Waals surface area contributed by atoms with Gasteiger partial charge < -0.3 is 15.3 Å². The number of hydrogen-bond acceptors (Lipinski definition) is 6. The van der Waals surface area contributed by atoms with E-state index in [0.29, 0.717) is 0 Å². The molecule has 126 valence electrons. The summed E-state index contributed by atoms with van der Waals surface area (Å²) in [5, 5.41) is 32.2. The highest BCUT2D eigenvalue weighted by atomic mass is 16.4. The lowest BCUT2D eigenvalue weighted by molar-refractivity contribution is -0.130. The maximum atomic E-state index is 13.0. The van der Waals surface area contributed by atoms with E-state index in [0.717, 1.165) is 0 Å². The van der Waals surface area contributed by atoms with Crippen LogP contribution < -0.4 is 0 Å². The molecule has 0 aliphatic heterocycles. The Morgan fingerprint density at radius 1 is 1.08 bits per heavy atom. The number of phenolic OH excluding ortho intramolecular Hbond substituents is 1. The largest absolute Gasteiger partial charge is 0.507 e. The second-order valence-corrected chi connectivity index (χ2v) is 6.58. The molecule has 0 aromatic heterocycles. The number of aliphatic hydroxyl groups is 2. The summed E-state index contributed by atoms with van der Waals surface area (Å²) in [6.07, 6.45) is 3.20. The van der Waals surface area contributed by atoms with Gasteiger partial charge in [-0.1, -0.05) is 18.2 Å². The molecule has 0 bridgehead atoms. The van der Waals surface area contributed by atoms with Gasteiger partial charge in [-0.05, 0) is 30.7 Å². The Bertz CT molecular complexity index is 980. The second-order valence-electron chi connectivity index (χ2n) is 6.58. The summed E-state index contributed by atoms with van der Waals surface area (Å²) in [4.78, 5) is 37.8. The van der Waals surface area contributed by atoms with Gasteiger partial charge in [0.15, 0.2) is 17.3 Å². The van der Waals surface area contributed by atoms with Crippen LogP contribution in [0.1, 0.15) is 34.1 Å². The maximum Gasteiger partial charge on any atom is 0.198 e. The van der Waals surface area contributed by atoms with Crippen molar-refractivity contribution in [3.63, 3.8) is 0 Å². The van der Waals surface area contributed by atoms with Gasteiger partial charge in [-0.2, -0.15) is 0 Å². The number of ketones is 3. The first-order valence-corrected chi connectivity index (χ1v) is 7.72. The maximum absolute atomic E-state index is 13.0. The van der Waals surface area contributed by atoms with Crippen molar-refractivity contribution >= 4 is 17.3 Å². The molecule has 6 nitrogen and oxygen atoms in total. The highest BCUT2D eigenvalue weighted by Gasteiger charge is 2.60.